The van der Waals surface area contributed by atoms with Gasteiger partial charge in [-0.25, -0.2) is 4.98 Å². The number of hydrogen-bond acceptors (Lipinski definition) is 5. The van der Waals surface area contributed by atoms with E-state index in [2.05, 4.69) is 4.98 Å². The van der Waals surface area contributed by atoms with E-state index in [1.165, 1.54) is 0 Å². The second-order valence-corrected chi connectivity index (χ2v) is 8.34. The minimum atomic E-state index is -0.804. The van der Waals surface area contributed by atoms with Crippen molar-refractivity contribution in [1.82, 2.24) is 9.88 Å². The van der Waals surface area contributed by atoms with Crippen LogP contribution in [0, 0.1) is 5.92 Å². The Hall–Kier alpha value is -2.35. The number of hydrogen-bond donors (Lipinski definition) is 2. The van der Waals surface area contributed by atoms with E-state index in [1.54, 1.807) is 30.5 Å². The van der Waals surface area contributed by atoms with E-state index in [4.69, 9.17) is 17.3 Å². The number of anilines is 2. The number of rotatable bonds is 7. The van der Waals surface area contributed by atoms with Gasteiger partial charge in [-0.1, -0.05) is 23.7 Å². The van der Waals surface area contributed by atoms with Gasteiger partial charge in [0.1, 0.15) is 11.9 Å². The highest BCUT2D eigenvalue weighted by molar-refractivity contribution is 6.30. The molecule has 3 N–H and O–H groups in total. The number of benzene rings is 1. The summed E-state index contributed by atoms with van der Waals surface area (Å²) in [6.07, 6.45) is 2.93. The van der Waals surface area contributed by atoms with Gasteiger partial charge < -0.3 is 15.7 Å². The normalized spacial score (nSPS) is 19.0. The number of likely N-dealkylation sites (tertiary alicyclic amines) is 1. The number of carboxylic acids is 1. The Kier molecular flexibility index (Phi) is 8.68. The van der Waals surface area contributed by atoms with Crippen LogP contribution in [0.3, 0.4) is 0 Å². The number of halogens is 2. The summed E-state index contributed by atoms with van der Waals surface area (Å²) < 4.78 is 0. The van der Waals surface area contributed by atoms with E-state index in [1.807, 2.05) is 35.8 Å². The quantitative estimate of drug-likeness (QED) is 0.640. The van der Waals surface area contributed by atoms with Crippen molar-refractivity contribution in [2.45, 2.75) is 38.8 Å². The molecule has 0 saturated carbocycles. The molecule has 168 valence electrons. The van der Waals surface area contributed by atoms with E-state index in [0.29, 0.717) is 41.6 Å². The molecule has 2 aromatic rings. The Balaban J connectivity index is 0.00000341. The zero-order valence-electron chi connectivity index (χ0n) is 17.6. The van der Waals surface area contributed by atoms with E-state index < -0.39 is 17.9 Å². The van der Waals surface area contributed by atoms with E-state index in [-0.39, 0.29) is 24.4 Å². The molecule has 2 heterocycles. The first kappa shape index (κ1) is 24.9. The van der Waals surface area contributed by atoms with Crippen LogP contribution in [0.4, 0.5) is 11.5 Å². The molecule has 2 unspecified atom stereocenters. The number of amides is 1. The molecule has 1 aliphatic rings. The summed E-state index contributed by atoms with van der Waals surface area (Å²) in [6.45, 7) is 5.26. The fraction of sp³-hybridized carbons (Fsp3) is 0.409. The van der Waals surface area contributed by atoms with Gasteiger partial charge in [-0.15, -0.1) is 12.4 Å². The molecule has 2 atom stereocenters. The van der Waals surface area contributed by atoms with Gasteiger partial charge in [-0.3, -0.25) is 14.5 Å². The second kappa shape index (κ2) is 10.8. The highest BCUT2D eigenvalue weighted by Crippen LogP contribution is 2.33. The van der Waals surface area contributed by atoms with E-state index in [0.717, 1.165) is 6.42 Å². The van der Waals surface area contributed by atoms with Gasteiger partial charge in [-0.2, -0.15) is 0 Å². The molecule has 1 fully saturated rings. The van der Waals surface area contributed by atoms with Gasteiger partial charge in [0.15, 0.2) is 0 Å². The molecule has 3 rings (SSSR count). The Labute approximate surface area is 193 Å². The van der Waals surface area contributed by atoms with Crippen LogP contribution in [0.25, 0.3) is 0 Å². The minimum Gasteiger partial charge on any atom is -0.480 e. The number of piperidine rings is 1. The predicted octanol–water partition coefficient (Wildman–Crippen LogP) is 3.97. The number of nitrogens with zero attached hydrogens (tertiary/aromatic N) is 3. The first-order valence-electron chi connectivity index (χ1n) is 10.0. The third-order valence-electron chi connectivity index (χ3n) is 5.59. The van der Waals surface area contributed by atoms with Gasteiger partial charge in [0.25, 0.3) is 5.91 Å². The summed E-state index contributed by atoms with van der Waals surface area (Å²) in [7, 11) is 0. The maximum atomic E-state index is 12.0. The second-order valence-electron chi connectivity index (χ2n) is 7.90. The lowest BCUT2D eigenvalue weighted by Crippen LogP contribution is -2.51. The predicted molar refractivity (Wildman–Crippen MR) is 124 cm³/mol. The molecule has 7 nitrogen and oxygen atoms in total. The number of primary amides is 1. The summed E-state index contributed by atoms with van der Waals surface area (Å²) in [5.74, 6) is -0.588. The molecule has 0 aliphatic carbocycles. The van der Waals surface area contributed by atoms with Gasteiger partial charge in [0.05, 0.1) is 16.3 Å². The van der Waals surface area contributed by atoms with E-state index >= 15 is 0 Å². The lowest BCUT2D eigenvalue weighted by Gasteiger charge is -2.41. The molecule has 9 heteroatoms. The summed E-state index contributed by atoms with van der Waals surface area (Å²) in [5, 5.41) is 10.3. The molecule has 0 radical (unpaired) electrons. The fourth-order valence-corrected chi connectivity index (χ4v) is 4.21. The Bertz CT molecular complexity index is 908. The molecule has 1 saturated heterocycles. The molecule has 1 aromatic carbocycles. The van der Waals surface area contributed by atoms with Gasteiger partial charge in [0, 0.05) is 18.8 Å². The summed E-state index contributed by atoms with van der Waals surface area (Å²) >= 11 is 6.01. The Morgan fingerprint density at radius 2 is 2.00 bits per heavy atom. The number of aromatic nitrogens is 1. The van der Waals surface area contributed by atoms with Crippen molar-refractivity contribution in [3.63, 3.8) is 0 Å². The monoisotopic (exact) mass is 466 g/mol. The number of pyridine rings is 1. The Morgan fingerprint density at radius 1 is 1.29 bits per heavy atom. The Morgan fingerprint density at radius 3 is 2.58 bits per heavy atom. The highest BCUT2D eigenvalue weighted by atomic mass is 35.5. The van der Waals surface area contributed by atoms with E-state index in [9.17, 15) is 14.7 Å². The number of carbonyl (C=O) groups excluding carboxylic acids is 1. The van der Waals surface area contributed by atoms with Crippen LogP contribution < -0.4 is 10.6 Å². The first-order chi connectivity index (χ1) is 14.3. The van der Waals surface area contributed by atoms with Crippen LogP contribution in [0.5, 0.6) is 0 Å². The van der Waals surface area contributed by atoms with Crippen LogP contribution in [0.2, 0.25) is 5.02 Å². The van der Waals surface area contributed by atoms with Crippen molar-refractivity contribution in [2.75, 3.05) is 18.0 Å². The van der Waals surface area contributed by atoms with Gasteiger partial charge in [-0.05, 0) is 63.4 Å². The number of nitrogens with two attached hydrogens (primary N) is 1. The van der Waals surface area contributed by atoms with Gasteiger partial charge >= 0.3 is 5.97 Å². The van der Waals surface area contributed by atoms with Crippen LogP contribution >= 0.6 is 24.0 Å². The maximum Gasteiger partial charge on any atom is 0.320 e. The van der Waals surface area contributed by atoms with Crippen molar-refractivity contribution in [1.29, 1.82) is 0 Å². The average molecular weight is 467 g/mol. The first-order valence-corrected chi connectivity index (χ1v) is 10.4. The third kappa shape index (κ3) is 5.87. The van der Waals surface area contributed by atoms with Crippen molar-refractivity contribution < 1.29 is 14.7 Å². The number of carbonyl (C=O) groups is 2. The molecule has 0 bridgehead atoms. The zero-order chi connectivity index (χ0) is 21.8. The van der Waals surface area contributed by atoms with Crippen molar-refractivity contribution >= 4 is 47.4 Å². The molecule has 0 spiro atoms. The molecule has 1 amide bonds. The average Bonchev–Trinajstić information content (AvgIpc) is 2.72. The molecule has 31 heavy (non-hydrogen) atoms. The van der Waals surface area contributed by atoms with Crippen LogP contribution in [0.15, 0.2) is 42.6 Å². The van der Waals surface area contributed by atoms with Gasteiger partial charge in [0.2, 0.25) is 0 Å². The SMILES string of the molecule is CC(C)N1CCC(CN(c2ccc(Cl)cn2)c2ccccc2C(N)=O)CC1C(=O)O.Cl. The maximum absolute atomic E-state index is 12.0. The standard InChI is InChI=1S/C22H27ClN4O3.ClH/c1-14(2)26-10-9-15(11-19(26)22(29)30)13-27(20-8-7-16(23)12-25-20)18-6-4-3-5-17(18)21(24)28;/h3-8,12,14-15,19H,9-11,13H2,1-2H3,(H2,24,28)(H,29,30);1H. The van der Waals surface area contributed by atoms with Crippen molar-refractivity contribution in [3.05, 3.63) is 53.2 Å². The molecular weight excluding hydrogens is 439 g/mol. The number of aliphatic carboxylic acids is 1. The smallest absolute Gasteiger partial charge is 0.320 e. The lowest BCUT2D eigenvalue weighted by molar-refractivity contribution is -0.146. The van der Waals surface area contributed by atoms with Crippen LogP contribution in [0.1, 0.15) is 37.0 Å². The summed E-state index contributed by atoms with van der Waals surface area (Å²) in [4.78, 5) is 32.3. The van der Waals surface area contributed by atoms with Crippen LogP contribution in [-0.4, -0.2) is 52.0 Å². The fourth-order valence-electron chi connectivity index (χ4n) is 4.10. The summed E-state index contributed by atoms with van der Waals surface area (Å²) in [5.41, 5.74) is 6.65. The molecule has 1 aliphatic heterocycles. The third-order valence-corrected chi connectivity index (χ3v) is 5.81. The summed E-state index contributed by atoms with van der Waals surface area (Å²) in [6, 6.07) is 10.3. The minimum absolute atomic E-state index is 0. The topological polar surface area (TPSA) is 99.8 Å². The highest BCUT2D eigenvalue weighted by Gasteiger charge is 2.35. The lowest BCUT2D eigenvalue weighted by atomic mass is 9.89. The van der Waals surface area contributed by atoms with Crippen LogP contribution in [-0.2, 0) is 4.79 Å². The number of para-hydroxylation sites is 1. The number of carboxylic acid groups (broad SMARTS) is 1. The largest absolute Gasteiger partial charge is 0.480 e. The van der Waals surface area contributed by atoms with Crippen molar-refractivity contribution in [3.8, 4) is 0 Å². The molecular formula is C22H28Cl2N4O3. The van der Waals surface area contributed by atoms with Crippen molar-refractivity contribution in [2.24, 2.45) is 11.7 Å². The molecule has 1 aromatic heterocycles. The zero-order valence-corrected chi connectivity index (χ0v) is 19.1.